The van der Waals surface area contributed by atoms with Gasteiger partial charge in [0.05, 0.1) is 0 Å². The molecule has 14 heavy (non-hydrogen) atoms. The second kappa shape index (κ2) is 6.37. The van der Waals surface area contributed by atoms with E-state index in [1.807, 2.05) is 6.92 Å². The first-order valence-corrected chi connectivity index (χ1v) is 4.73. The summed E-state index contributed by atoms with van der Waals surface area (Å²) in [5, 5.41) is 8.59. The van der Waals surface area contributed by atoms with Crippen LogP contribution >= 0.6 is 0 Å². The predicted octanol–water partition coefficient (Wildman–Crippen LogP) is -0.0956. The van der Waals surface area contributed by atoms with Crippen LogP contribution in [0.25, 0.3) is 0 Å². The Morgan fingerprint density at radius 3 is 2.43 bits per heavy atom. The second-order valence-electron chi connectivity index (χ2n) is 3.29. The molecule has 0 fully saturated rings. The summed E-state index contributed by atoms with van der Waals surface area (Å²) >= 11 is 0. The SMILES string of the molecule is CCCN(CC(=O)O)C(=O)C(C)CN. The third-order valence-electron chi connectivity index (χ3n) is 1.91. The first kappa shape index (κ1) is 12.9. The van der Waals surface area contributed by atoms with E-state index in [0.717, 1.165) is 6.42 Å². The van der Waals surface area contributed by atoms with Gasteiger partial charge in [-0.25, -0.2) is 0 Å². The van der Waals surface area contributed by atoms with Gasteiger partial charge in [0.2, 0.25) is 5.91 Å². The lowest BCUT2D eigenvalue weighted by Crippen LogP contribution is -2.41. The van der Waals surface area contributed by atoms with Crippen molar-refractivity contribution in [2.75, 3.05) is 19.6 Å². The molecule has 0 saturated carbocycles. The van der Waals surface area contributed by atoms with Crippen molar-refractivity contribution in [3.05, 3.63) is 0 Å². The number of carboxylic acid groups (broad SMARTS) is 1. The van der Waals surface area contributed by atoms with Gasteiger partial charge in [0.15, 0.2) is 0 Å². The van der Waals surface area contributed by atoms with Gasteiger partial charge in [-0.2, -0.15) is 0 Å². The van der Waals surface area contributed by atoms with Crippen LogP contribution in [0.15, 0.2) is 0 Å². The number of carbonyl (C=O) groups is 2. The van der Waals surface area contributed by atoms with Crippen molar-refractivity contribution in [3.8, 4) is 0 Å². The van der Waals surface area contributed by atoms with Crippen LogP contribution in [-0.4, -0.2) is 41.5 Å². The van der Waals surface area contributed by atoms with Crippen LogP contribution in [0.5, 0.6) is 0 Å². The van der Waals surface area contributed by atoms with E-state index in [0.29, 0.717) is 6.54 Å². The van der Waals surface area contributed by atoms with Crippen molar-refractivity contribution in [3.63, 3.8) is 0 Å². The quantitative estimate of drug-likeness (QED) is 0.630. The van der Waals surface area contributed by atoms with Gasteiger partial charge in [0, 0.05) is 19.0 Å². The number of amides is 1. The summed E-state index contributed by atoms with van der Waals surface area (Å²) in [6.07, 6.45) is 0.746. The van der Waals surface area contributed by atoms with Crippen molar-refractivity contribution in [2.45, 2.75) is 20.3 Å². The van der Waals surface area contributed by atoms with E-state index in [2.05, 4.69) is 0 Å². The number of nitrogens with zero attached hydrogens (tertiary/aromatic N) is 1. The molecule has 0 radical (unpaired) electrons. The Balaban J connectivity index is 4.31. The Kier molecular flexibility index (Phi) is 5.87. The van der Waals surface area contributed by atoms with Crippen molar-refractivity contribution in [2.24, 2.45) is 11.7 Å². The van der Waals surface area contributed by atoms with E-state index in [1.54, 1.807) is 6.92 Å². The smallest absolute Gasteiger partial charge is 0.323 e. The Morgan fingerprint density at radius 2 is 2.07 bits per heavy atom. The maximum absolute atomic E-state index is 11.6. The average Bonchev–Trinajstić information content (AvgIpc) is 2.14. The molecule has 0 aliphatic rings. The van der Waals surface area contributed by atoms with Crippen LogP contribution in [0, 0.1) is 5.92 Å². The van der Waals surface area contributed by atoms with E-state index in [1.165, 1.54) is 4.90 Å². The molecular formula is C9H18N2O3. The van der Waals surface area contributed by atoms with Gasteiger partial charge >= 0.3 is 5.97 Å². The number of carboxylic acids is 1. The van der Waals surface area contributed by atoms with E-state index >= 15 is 0 Å². The van der Waals surface area contributed by atoms with Gasteiger partial charge in [-0.15, -0.1) is 0 Å². The first-order valence-electron chi connectivity index (χ1n) is 4.73. The normalized spacial score (nSPS) is 12.2. The Bertz CT molecular complexity index is 206. The number of hydrogen-bond acceptors (Lipinski definition) is 3. The third-order valence-corrected chi connectivity index (χ3v) is 1.91. The van der Waals surface area contributed by atoms with Crippen LogP contribution in [0.2, 0.25) is 0 Å². The molecule has 0 aliphatic heterocycles. The van der Waals surface area contributed by atoms with Gasteiger partial charge in [-0.05, 0) is 6.42 Å². The van der Waals surface area contributed by atoms with Gasteiger partial charge in [0.1, 0.15) is 6.54 Å². The molecule has 3 N–H and O–H groups in total. The molecule has 82 valence electrons. The maximum Gasteiger partial charge on any atom is 0.323 e. The highest BCUT2D eigenvalue weighted by molar-refractivity contribution is 5.83. The Morgan fingerprint density at radius 1 is 1.50 bits per heavy atom. The third kappa shape index (κ3) is 4.23. The lowest BCUT2D eigenvalue weighted by atomic mass is 10.1. The number of carbonyl (C=O) groups excluding carboxylic acids is 1. The fourth-order valence-electron chi connectivity index (χ4n) is 1.11. The van der Waals surface area contributed by atoms with E-state index in [-0.39, 0.29) is 24.9 Å². The predicted molar refractivity (Wildman–Crippen MR) is 52.7 cm³/mol. The summed E-state index contributed by atoms with van der Waals surface area (Å²) in [6, 6.07) is 0. The van der Waals surface area contributed by atoms with Gasteiger partial charge in [0.25, 0.3) is 0 Å². The van der Waals surface area contributed by atoms with E-state index in [9.17, 15) is 9.59 Å². The van der Waals surface area contributed by atoms with Gasteiger partial charge < -0.3 is 15.7 Å². The molecule has 0 aliphatic carbocycles. The van der Waals surface area contributed by atoms with Crippen molar-refractivity contribution < 1.29 is 14.7 Å². The first-order chi connectivity index (χ1) is 6.52. The summed E-state index contributed by atoms with van der Waals surface area (Å²) in [6.45, 7) is 4.08. The van der Waals surface area contributed by atoms with Crippen molar-refractivity contribution >= 4 is 11.9 Å². The Labute approximate surface area is 83.9 Å². The fourth-order valence-corrected chi connectivity index (χ4v) is 1.11. The largest absolute Gasteiger partial charge is 0.480 e. The molecule has 1 unspecified atom stereocenters. The van der Waals surface area contributed by atoms with Crippen LogP contribution in [-0.2, 0) is 9.59 Å². The zero-order valence-electron chi connectivity index (χ0n) is 8.69. The summed E-state index contributed by atoms with van der Waals surface area (Å²) in [5.41, 5.74) is 5.34. The summed E-state index contributed by atoms with van der Waals surface area (Å²) in [7, 11) is 0. The molecule has 0 saturated heterocycles. The molecule has 1 atom stereocenters. The molecule has 0 bridgehead atoms. The highest BCUT2D eigenvalue weighted by Crippen LogP contribution is 2.01. The maximum atomic E-state index is 11.6. The highest BCUT2D eigenvalue weighted by Gasteiger charge is 2.20. The zero-order valence-corrected chi connectivity index (χ0v) is 8.69. The minimum atomic E-state index is -0.990. The number of hydrogen-bond donors (Lipinski definition) is 2. The Hall–Kier alpha value is -1.10. The topological polar surface area (TPSA) is 83.6 Å². The molecule has 0 rings (SSSR count). The fraction of sp³-hybridized carbons (Fsp3) is 0.778. The minimum Gasteiger partial charge on any atom is -0.480 e. The molecular weight excluding hydrogens is 184 g/mol. The summed E-state index contributed by atoms with van der Waals surface area (Å²) in [5.74, 6) is -1.48. The van der Waals surface area contributed by atoms with Gasteiger partial charge in [-0.1, -0.05) is 13.8 Å². The van der Waals surface area contributed by atoms with Crippen LogP contribution in [0.1, 0.15) is 20.3 Å². The molecule has 0 aromatic heterocycles. The minimum absolute atomic E-state index is 0.184. The van der Waals surface area contributed by atoms with E-state index in [4.69, 9.17) is 10.8 Å². The van der Waals surface area contributed by atoms with E-state index < -0.39 is 5.97 Å². The number of aliphatic carboxylic acids is 1. The number of rotatable bonds is 6. The monoisotopic (exact) mass is 202 g/mol. The summed E-state index contributed by atoms with van der Waals surface area (Å²) < 4.78 is 0. The molecule has 0 aromatic carbocycles. The van der Waals surface area contributed by atoms with Crippen molar-refractivity contribution in [1.29, 1.82) is 0 Å². The average molecular weight is 202 g/mol. The van der Waals surface area contributed by atoms with Crippen LogP contribution < -0.4 is 5.73 Å². The van der Waals surface area contributed by atoms with Crippen LogP contribution in [0.4, 0.5) is 0 Å². The van der Waals surface area contributed by atoms with Gasteiger partial charge in [-0.3, -0.25) is 9.59 Å². The zero-order chi connectivity index (χ0) is 11.1. The van der Waals surface area contributed by atoms with Crippen LogP contribution in [0.3, 0.4) is 0 Å². The lowest BCUT2D eigenvalue weighted by Gasteiger charge is -2.22. The molecule has 5 heteroatoms. The number of nitrogens with two attached hydrogens (primary N) is 1. The van der Waals surface area contributed by atoms with Crippen molar-refractivity contribution in [1.82, 2.24) is 4.90 Å². The molecule has 0 aromatic rings. The lowest BCUT2D eigenvalue weighted by molar-refractivity contribution is -0.145. The second-order valence-corrected chi connectivity index (χ2v) is 3.29. The summed E-state index contributed by atoms with van der Waals surface area (Å²) in [4.78, 5) is 23.4. The molecule has 0 spiro atoms. The molecule has 1 amide bonds. The highest BCUT2D eigenvalue weighted by atomic mass is 16.4. The molecule has 5 nitrogen and oxygen atoms in total. The molecule has 0 heterocycles. The standard InChI is InChI=1S/C9H18N2O3/c1-3-4-11(6-8(12)13)9(14)7(2)5-10/h7H,3-6,10H2,1-2H3,(H,12,13).